The summed E-state index contributed by atoms with van der Waals surface area (Å²) in [5, 5.41) is 6.39. The van der Waals surface area contributed by atoms with Crippen molar-refractivity contribution in [2.75, 3.05) is 17.2 Å². The van der Waals surface area contributed by atoms with Crippen LogP contribution in [0.15, 0.2) is 65.3 Å². The number of carbonyl (C=O) groups excluding carboxylic acids is 2. The zero-order valence-corrected chi connectivity index (χ0v) is 19.4. The number of hydrogen-bond donors (Lipinski definition) is 2. The van der Waals surface area contributed by atoms with Crippen LogP contribution in [0.3, 0.4) is 0 Å². The summed E-state index contributed by atoms with van der Waals surface area (Å²) in [7, 11) is 0. The van der Waals surface area contributed by atoms with Crippen LogP contribution >= 0.6 is 15.9 Å². The minimum atomic E-state index is -0.195. The van der Waals surface area contributed by atoms with Crippen LogP contribution in [0.25, 0.3) is 0 Å². The predicted molar refractivity (Wildman–Crippen MR) is 128 cm³/mol. The van der Waals surface area contributed by atoms with Gasteiger partial charge in [-0.1, -0.05) is 30.3 Å². The minimum absolute atomic E-state index is 0.0207. The van der Waals surface area contributed by atoms with Crippen LogP contribution in [-0.2, 0) is 16.1 Å². The van der Waals surface area contributed by atoms with E-state index in [9.17, 15) is 9.59 Å². The van der Waals surface area contributed by atoms with Crippen LogP contribution in [0.2, 0.25) is 0 Å². The predicted octanol–water partition coefficient (Wildman–Crippen LogP) is 5.51. The average molecular weight is 497 g/mol. The molecule has 0 saturated heterocycles. The van der Waals surface area contributed by atoms with E-state index in [1.165, 1.54) is 6.92 Å². The molecule has 0 spiro atoms. The Hall–Kier alpha value is -3.26. The van der Waals surface area contributed by atoms with E-state index in [1.807, 2.05) is 42.5 Å². The second kappa shape index (κ2) is 12.0. The number of Topliss-reactive ketones (excluding diaryl/α,β-unsaturated/α-hetero) is 1. The first-order chi connectivity index (χ1) is 15.5. The second-order valence-electron chi connectivity index (χ2n) is 7.18. The number of ether oxygens (including phenoxy) is 1. The number of nitrogens with zero attached hydrogens (tertiary/aromatic N) is 2. The van der Waals surface area contributed by atoms with E-state index in [-0.39, 0.29) is 11.8 Å². The monoisotopic (exact) mass is 496 g/mol. The molecule has 166 valence electrons. The smallest absolute Gasteiger partial charge is 0.306 e. The molecule has 0 atom stereocenters. The Balaban J connectivity index is 1.41. The Morgan fingerprint density at radius 1 is 1.03 bits per heavy atom. The fourth-order valence-corrected chi connectivity index (χ4v) is 3.21. The highest BCUT2D eigenvalue weighted by Gasteiger charge is 2.07. The molecule has 1 aromatic heterocycles. The normalized spacial score (nSPS) is 10.4. The van der Waals surface area contributed by atoms with Crippen molar-refractivity contribution in [2.24, 2.45) is 0 Å². The Labute approximate surface area is 195 Å². The third-order valence-corrected chi connectivity index (χ3v) is 5.21. The van der Waals surface area contributed by atoms with Gasteiger partial charge in [0.25, 0.3) is 0 Å². The van der Waals surface area contributed by atoms with Gasteiger partial charge in [-0.2, -0.15) is 4.98 Å². The third-order valence-electron chi connectivity index (χ3n) is 4.63. The van der Waals surface area contributed by atoms with E-state index in [4.69, 9.17) is 4.74 Å². The van der Waals surface area contributed by atoms with Gasteiger partial charge in [-0.25, -0.2) is 4.98 Å². The molecule has 2 aromatic carbocycles. The molecule has 0 radical (unpaired) electrons. The van der Waals surface area contributed by atoms with Crippen molar-refractivity contribution >= 4 is 45.1 Å². The maximum atomic E-state index is 11.9. The van der Waals surface area contributed by atoms with E-state index in [1.54, 1.807) is 18.3 Å². The van der Waals surface area contributed by atoms with Crippen molar-refractivity contribution in [1.82, 2.24) is 9.97 Å². The average Bonchev–Trinajstić information content (AvgIpc) is 2.80. The third kappa shape index (κ3) is 7.46. The number of unbranched alkanes of at least 4 members (excludes halogenated alkanes) is 1. The van der Waals surface area contributed by atoms with Crippen molar-refractivity contribution in [2.45, 2.75) is 32.8 Å². The zero-order chi connectivity index (χ0) is 22.8. The van der Waals surface area contributed by atoms with Gasteiger partial charge in [0.1, 0.15) is 12.4 Å². The first-order valence-corrected chi connectivity index (χ1v) is 11.1. The van der Waals surface area contributed by atoms with Gasteiger partial charge in [0.15, 0.2) is 5.78 Å². The summed E-state index contributed by atoms with van der Waals surface area (Å²) < 4.78 is 6.04. The van der Waals surface area contributed by atoms with Crippen LogP contribution < -0.4 is 10.6 Å². The number of aromatic nitrogens is 2. The molecule has 1 heterocycles. The summed E-state index contributed by atoms with van der Waals surface area (Å²) >= 11 is 3.45. The molecule has 0 amide bonds. The molecule has 0 aliphatic carbocycles. The van der Waals surface area contributed by atoms with Crippen molar-refractivity contribution in [3.8, 4) is 0 Å². The van der Waals surface area contributed by atoms with Gasteiger partial charge >= 0.3 is 5.97 Å². The SMILES string of the molecule is CC(=O)c1ccc(Nc2ncc(Br)c(NCCCCC(=O)OCc3ccccc3)n2)cc1. The first-order valence-electron chi connectivity index (χ1n) is 10.4. The number of carbonyl (C=O) groups is 2. The summed E-state index contributed by atoms with van der Waals surface area (Å²) in [6.45, 7) is 2.50. The maximum absolute atomic E-state index is 11.9. The van der Waals surface area contributed by atoms with Crippen LogP contribution in [0.5, 0.6) is 0 Å². The van der Waals surface area contributed by atoms with E-state index in [0.717, 1.165) is 28.6 Å². The Morgan fingerprint density at radius 2 is 1.78 bits per heavy atom. The first kappa shape index (κ1) is 23.4. The van der Waals surface area contributed by atoms with Gasteiger partial charge in [0.2, 0.25) is 5.95 Å². The van der Waals surface area contributed by atoms with Crippen LogP contribution in [0.4, 0.5) is 17.5 Å². The molecule has 0 bridgehead atoms. The summed E-state index contributed by atoms with van der Waals surface area (Å²) in [5.74, 6) is 0.928. The van der Waals surface area contributed by atoms with Gasteiger partial charge in [0.05, 0.1) is 4.47 Å². The Morgan fingerprint density at radius 3 is 2.50 bits per heavy atom. The van der Waals surface area contributed by atoms with Crippen molar-refractivity contribution in [3.05, 3.63) is 76.4 Å². The van der Waals surface area contributed by atoms with Crippen LogP contribution in [0, 0.1) is 0 Å². The summed E-state index contributed by atoms with van der Waals surface area (Å²) in [4.78, 5) is 32.0. The molecule has 0 saturated carbocycles. The van der Waals surface area contributed by atoms with E-state index in [0.29, 0.717) is 36.9 Å². The molecular formula is C24H25BrN4O3. The number of rotatable bonds is 11. The molecule has 3 aromatic rings. The van der Waals surface area contributed by atoms with E-state index < -0.39 is 0 Å². The Bertz CT molecular complexity index is 1040. The maximum Gasteiger partial charge on any atom is 0.306 e. The lowest BCUT2D eigenvalue weighted by molar-refractivity contribution is -0.145. The number of nitrogens with one attached hydrogen (secondary N) is 2. The fraction of sp³-hybridized carbons (Fsp3) is 0.250. The fourth-order valence-electron chi connectivity index (χ4n) is 2.88. The molecule has 32 heavy (non-hydrogen) atoms. The number of ketones is 1. The number of halogens is 1. The number of anilines is 3. The summed E-state index contributed by atoms with van der Waals surface area (Å²) in [5.41, 5.74) is 2.42. The van der Waals surface area contributed by atoms with Crippen molar-refractivity contribution in [1.29, 1.82) is 0 Å². The van der Waals surface area contributed by atoms with Gasteiger partial charge in [-0.3, -0.25) is 9.59 Å². The van der Waals surface area contributed by atoms with Crippen molar-refractivity contribution in [3.63, 3.8) is 0 Å². The van der Waals surface area contributed by atoms with E-state index >= 15 is 0 Å². The lowest BCUT2D eigenvalue weighted by atomic mass is 10.1. The molecule has 0 aliphatic heterocycles. The zero-order valence-electron chi connectivity index (χ0n) is 17.8. The van der Waals surface area contributed by atoms with Gasteiger partial charge in [0, 0.05) is 30.4 Å². The molecule has 2 N–H and O–H groups in total. The largest absolute Gasteiger partial charge is 0.461 e. The molecule has 0 aliphatic rings. The molecule has 0 unspecified atom stereocenters. The highest BCUT2D eigenvalue weighted by Crippen LogP contribution is 2.22. The van der Waals surface area contributed by atoms with Gasteiger partial charge < -0.3 is 15.4 Å². The quantitative estimate of drug-likeness (QED) is 0.205. The highest BCUT2D eigenvalue weighted by atomic mass is 79.9. The summed E-state index contributed by atoms with van der Waals surface area (Å²) in [6.07, 6.45) is 3.56. The molecular weight excluding hydrogens is 472 g/mol. The van der Waals surface area contributed by atoms with Gasteiger partial charge in [-0.05, 0) is 65.5 Å². The topological polar surface area (TPSA) is 93.2 Å². The van der Waals surface area contributed by atoms with E-state index in [2.05, 4.69) is 36.5 Å². The number of esters is 1. The van der Waals surface area contributed by atoms with Crippen LogP contribution in [-0.4, -0.2) is 28.3 Å². The lowest BCUT2D eigenvalue weighted by Gasteiger charge is -2.10. The molecule has 3 rings (SSSR count). The minimum Gasteiger partial charge on any atom is -0.461 e. The number of hydrogen-bond acceptors (Lipinski definition) is 7. The molecule has 0 fully saturated rings. The summed E-state index contributed by atoms with van der Waals surface area (Å²) in [6, 6.07) is 16.8. The van der Waals surface area contributed by atoms with Gasteiger partial charge in [-0.15, -0.1) is 0 Å². The highest BCUT2D eigenvalue weighted by molar-refractivity contribution is 9.10. The molecule has 8 heteroatoms. The van der Waals surface area contributed by atoms with Crippen LogP contribution in [0.1, 0.15) is 42.1 Å². The number of benzene rings is 2. The second-order valence-corrected chi connectivity index (χ2v) is 8.03. The van der Waals surface area contributed by atoms with Crippen molar-refractivity contribution < 1.29 is 14.3 Å². The Kier molecular flexibility index (Phi) is 8.74. The lowest BCUT2D eigenvalue weighted by Crippen LogP contribution is -2.08. The molecule has 7 nitrogen and oxygen atoms in total. The standard InChI is InChI=1S/C24H25BrN4O3/c1-17(30)19-10-12-20(13-11-19)28-24-27-15-21(25)23(29-24)26-14-6-5-9-22(31)32-16-18-7-3-2-4-8-18/h2-4,7-8,10-13,15H,5-6,9,14,16H2,1H3,(H2,26,27,28,29).